The number of aromatic nitrogens is 2. The summed E-state index contributed by atoms with van der Waals surface area (Å²) in [6.07, 6.45) is 0. The summed E-state index contributed by atoms with van der Waals surface area (Å²) in [6.45, 7) is 0.565. The number of likely N-dealkylation sites (N-methyl/N-ethyl adjacent to an activating group) is 1. The second kappa shape index (κ2) is 8.68. The van der Waals surface area contributed by atoms with Crippen LogP contribution in [0.3, 0.4) is 0 Å². The predicted octanol–water partition coefficient (Wildman–Crippen LogP) is 4.75. The van der Waals surface area contributed by atoms with Crippen LogP contribution < -0.4 is 9.80 Å². The normalized spacial score (nSPS) is 21.8. The number of imide groups is 1. The van der Waals surface area contributed by atoms with E-state index in [9.17, 15) is 14.9 Å². The number of urea groups is 1. The van der Waals surface area contributed by atoms with E-state index in [4.69, 9.17) is 34.8 Å². The van der Waals surface area contributed by atoms with Gasteiger partial charge >= 0.3 is 6.03 Å². The van der Waals surface area contributed by atoms with E-state index in [2.05, 4.69) is 16.3 Å². The zero-order chi connectivity index (χ0) is 24.9. The number of hydrogen-bond acceptors (Lipinski definition) is 6. The van der Waals surface area contributed by atoms with Crippen LogP contribution in [0.2, 0.25) is 15.2 Å². The van der Waals surface area contributed by atoms with Gasteiger partial charge in [0.25, 0.3) is 5.91 Å². The van der Waals surface area contributed by atoms with Crippen molar-refractivity contribution in [2.45, 2.75) is 11.5 Å². The lowest BCUT2D eigenvalue weighted by Crippen LogP contribution is -2.53. The zero-order valence-electron chi connectivity index (χ0n) is 18.3. The van der Waals surface area contributed by atoms with Gasteiger partial charge in [0.1, 0.15) is 5.54 Å². The quantitative estimate of drug-likeness (QED) is 0.456. The van der Waals surface area contributed by atoms with Gasteiger partial charge in [-0.2, -0.15) is 5.26 Å². The van der Waals surface area contributed by atoms with Gasteiger partial charge in [-0.3, -0.25) is 4.79 Å². The third-order valence-corrected chi connectivity index (χ3v) is 7.19. The van der Waals surface area contributed by atoms with E-state index in [-0.39, 0.29) is 11.7 Å². The monoisotopic (exact) mass is 526 g/mol. The van der Waals surface area contributed by atoms with E-state index in [1.807, 2.05) is 17.0 Å². The molecule has 0 radical (unpaired) electrons. The molecule has 0 unspecified atom stereocenters. The average Bonchev–Trinajstić information content (AvgIpc) is 3.32. The fourth-order valence-electron chi connectivity index (χ4n) is 4.86. The maximum Gasteiger partial charge on any atom is 0.332 e. The number of hydrogen-bond donors (Lipinski definition) is 0. The molecular weight excluding hydrogens is 511 g/mol. The van der Waals surface area contributed by atoms with Gasteiger partial charge in [0.05, 0.1) is 23.9 Å². The first-order chi connectivity index (χ1) is 16.7. The summed E-state index contributed by atoms with van der Waals surface area (Å²) in [7, 11) is 1.61. The van der Waals surface area contributed by atoms with Crippen LogP contribution in [0.1, 0.15) is 17.0 Å². The lowest BCUT2D eigenvalue weighted by molar-refractivity contribution is -0.124. The molecule has 2 aliphatic heterocycles. The number of carbonyl (C=O) groups excluding carboxylic acids is 2. The Morgan fingerprint density at radius 1 is 1.00 bits per heavy atom. The smallest absolute Gasteiger partial charge is 0.332 e. The van der Waals surface area contributed by atoms with Crippen LogP contribution in [0.5, 0.6) is 0 Å². The Morgan fingerprint density at radius 2 is 1.69 bits per heavy atom. The molecule has 35 heavy (non-hydrogen) atoms. The number of rotatable bonds is 3. The molecule has 11 heteroatoms. The molecule has 0 aliphatic carbocycles. The number of benzene rings is 2. The highest BCUT2D eigenvalue weighted by atomic mass is 35.5. The Bertz CT molecular complexity index is 1360. The highest BCUT2D eigenvalue weighted by Crippen LogP contribution is 2.47. The lowest BCUT2D eigenvalue weighted by atomic mass is 9.80. The lowest BCUT2D eigenvalue weighted by Gasteiger charge is -2.33. The van der Waals surface area contributed by atoms with E-state index in [0.717, 1.165) is 10.5 Å². The average molecular weight is 528 g/mol. The van der Waals surface area contributed by atoms with Crippen molar-refractivity contribution >= 4 is 58.2 Å². The molecule has 2 atom stereocenters. The zero-order valence-corrected chi connectivity index (χ0v) is 20.6. The van der Waals surface area contributed by atoms with Gasteiger partial charge < -0.3 is 9.80 Å². The van der Waals surface area contributed by atoms with Crippen LogP contribution in [-0.4, -0.2) is 52.7 Å². The van der Waals surface area contributed by atoms with Gasteiger partial charge in [-0.05, 0) is 48.0 Å². The largest absolute Gasteiger partial charge is 0.351 e. The molecule has 2 aromatic carbocycles. The molecule has 1 spiro atoms. The third kappa shape index (κ3) is 3.76. The first-order valence-corrected chi connectivity index (χ1v) is 11.7. The topological polar surface area (TPSA) is 93.4 Å². The molecule has 1 aromatic heterocycles. The van der Waals surface area contributed by atoms with Crippen molar-refractivity contribution in [2.75, 3.05) is 29.9 Å². The second-order valence-electron chi connectivity index (χ2n) is 8.42. The van der Waals surface area contributed by atoms with E-state index in [1.54, 1.807) is 31.3 Å². The molecule has 5 rings (SSSR count). The number of amides is 3. The summed E-state index contributed by atoms with van der Waals surface area (Å²) in [5.74, 6) is -0.293. The van der Waals surface area contributed by atoms with Crippen LogP contribution in [0, 0.1) is 11.3 Å². The highest BCUT2D eigenvalue weighted by molar-refractivity contribution is 6.36. The van der Waals surface area contributed by atoms with Crippen molar-refractivity contribution in [3.05, 3.63) is 80.9 Å². The van der Waals surface area contributed by atoms with Crippen molar-refractivity contribution in [1.82, 2.24) is 15.1 Å². The Hall–Kier alpha value is -3.38. The van der Waals surface area contributed by atoms with Crippen LogP contribution in [-0.2, 0) is 4.79 Å². The Labute approximate surface area is 216 Å². The number of nitrogens with zero attached hydrogens (tertiary/aromatic N) is 6. The fourth-order valence-corrected chi connectivity index (χ4v) is 5.47. The number of halogens is 3. The maximum absolute atomic E-state index is 14.2. The van der Waals surface area contributed by atoms with E-state index in [1.165, 1.54) is 23.1 Å². The Kier molecular flexibility index (Phi) is 5.80. The molecule has 0 bridgehead atoms. The molecule has 2 fully saturated rings. The number of anilines is 2. The summed E-state index contributed by atoms with van der Waals surface area (Å²) in [4.78, 5) is 32.1. The van der Waals surface area contributed by atoms with E-state index >= 15 is 0 Å². The number of carbonyl (C=O) groups is 2. The predicted molar refractivity (Wildman–Crippen MR) is 133 cm³/mol. The fraction of sp³-hybridized carbons (Fsp3) is 0.208. The standard InChI is InChI=1S/C24H17Cl3N6O2/c1-31-23(35)33(18-9-16(25)8-17(26)10-18)22(34)24(31)13-32(21-7-6-20(27)29-30-21)12-19(24)15-4-2-14(11-28)3-5-15/h2-10,19H,12-13H2,1H3/t19-,24+/m0/s1. The van der Waals surface area contributed by atoms with E-state index in [0.29, 0.717) is 33.7 Å². The van der Waals surface area contributed by atoms with Gasteiger partial charge in [0.2, 0.25) is 0 Å². The number of nitriles is 1. The molecule has 2 saturated heterocycles. The first kappa shape index (κ1) is 23.4. The van der Waals surface area contributed by atoms with Crippen molar-refractivity contribution in [1.29, 1.82) is 5.26 Å². The minimum atomic E-state index is -1.25. The molecule has 8 nitrogen and oxygen atoms in total. The van der Waals surface area contributed by atoms with Crippen molar-refractivity contribution in [3.8, 4) is 6.07 Å². The van der Waals surface area contributed by atoms with Crippen molar-refractivity contribution in [3.63, 3.8) is 0 Å². The van der Waals surface area contributed by atoms with Gasteiger partial charge in [0, 0.05) is 29.6 Å². The van der Waals surface area contributed by atoms with Crippen LogP contribution in [0.15, 0.2) is 54.6 Å². The van der Waals surface area contributed by atoms with Crippen LogP contribution in [0.25, 0.3) is 0 Å². The Morgan fingerprint density at radius 3 is 2.29 bits per heavy atom. The summed E-state index contributed by atoms with van der Waals surface area (Å²) >= 11 is 18.3. The molecule has 3 heterocycles. The SMILES string of the molecule is CN1C(=O)N(c2cc(Cl)cc(Cl)c2)C(=O)[C@]12CN(c1ccc(Cl)nn1)C[C@H]2c1ccc(C#N)cc1. The first-order valence-electron chi connectivity index (χ1n) is 10.6. The summed E-state index contributed by atoms with van der Waals surface area (Å²) in [5, 5.41) is 18.2. The van der Waals surface area contributed by atoms with Crippen molar-refractivity contribution < 1.29 is 9.59 Å². The molecule has 0 N–H and O–H groups in total. The summed E-state index contributed by atoms with van der Waals surface area (Å²) in [5.41, 5.74) is 0.358. The molecule has 3 amide bonds. The van der Waals surface area contributed by atoms with Crippen LogP contribution in [0.4, 0.5) is 16.3 Å². The van der Waals surface area contributed by atoms with Gasteiger partial charge in [-0.1, -0.05) is 46.9 Å². The Balaban J connectivity index is 1.63. The minimum absolute atomic E-state index is 0.180. The second-order valence-corrected chi connectivity index (χ2v) is 9.68. The summed E-state index contributed by atoms with van der Waals surface area (Å²) in [6, 6.07) is 16.6. The third-order valence-electron chi connectivity index (χ3n) is 6.55. The maximum atomic E-state index is 14.2. The van der Waals surface area contributed by atoms with Gasteiger partial charge in [-0.25, -0.2) is 9.69 Å². The van der Waals surface area contributed by atoms with E-state index < -0.39 is 23.4 Å². The molecule has 3 aromatic rings. The molecule has 0 saturated carbocycles. The van der Waals surface area contributed by atoms with Crippen molar-refractivity contribution in [2.24, 2.45) is 0 Å². The molecule has 2 aliphatic rings. The molecule has 176 valence electrons. The molecular formula is C24H17Cl3N6O2. The van der Waals surface area contributed by atoms with Gasteiger partial charge in [-0.15, -0.1) is 10.2 Å². The highest BCUT2D eigenvalue weighted by Gasteiger charge is 2.64. The van der Waals surface area contributed by atoms with Crippen LogP contribution >= 0.6 is 34.8 Å². The summed E-state index contributed by atoms with van der Waals surface area (Å²) < 4.78 is 0. The minimum Gasteiger partial charge on any atom is -0.351 e. The van der Waals surface area contributed by atoms with Gasteiger partial charge in [0.15, 0.2) is 11.0 Å².